The summed E-state index contributed by atoms with van der Waals surface area (Å²) >= 11 is 0. The molecule has 0 saturated carbocycles. The van der Waals surface area contributed by atoms with E-state index in [2.05, 4.69) is 18.9 Å². The number of hydrogen-bond donors (Lipinski definition) is 2. The fourth-order valence-electron chi connectivity index (χ4n) is 1.57. The lowest BCUT2D eigenvalue weighted by Gasteiger charge is -2.12. The van der Waals surface area contributed by atoms with E-state index >= 15 is 0 Å². The number of aromatic hydroxyl groups is 1. The molecule has 0 bridgehead atoms. The van der Waals surface area contributed by atoms with Gasteiger partial charge in [-0.3, -0.25) is 4.68 Å². The molecule has 1 unspecified atom stereocenters. The van der Waals surface area contributed by atoms with Gasteiger partial charge < -0.3 is 10.8 Å². The standard InChI is InChI=1S/C10H19N3O/c1-4-8(5-2)13-6-9(14)10(12-13)7(3)11/h6-8,14H,4-5,11H2,1-3H3. The molecule has 0 aliphatic rings. The molecule has 0 spiro atoms. The first-order chi connectivity index (χ1) is 6.60. The Morgan fingerprint density at radius 2 is 2.07 bits per heavy atom. The minimum absolute atomic E-state index is 0.201. The van der Waals surface area contributed by atoms with Gasteiger partial charge in [-0.15, -0.1) is 0 Å². The Balaban J connectivity index is 2.95. The average molecular weight is 197 g/mol. The van der Waals surface area contributed by atoms with Crippen molar-refractivity contribution in [3.05, 3.63) is 11.9 Å². The molecule has 1 aromatic heterocycles. The molecular formula is C10H19N3O. The van der Waals surface area contributed by atoms with Crippen molar-refractivity contribution in [2.75, 3.05) is 0 Å². The quantitative estimate of drug-likeness (QED) is 0.775. The number of rotatable bonds is 4. The molecule has 0 aromatic carbocycles. The average Bonchev–Trinajstić information content (AvgIpc) is 2.50. The predicted molar refractivity (Wildman–Crippen MR) is 56.1 cm³/mol. The van der Waals surface area contributed by atoms with Crippen LogP contribution >= 0.6 is 0 Å². The van der Waals surface area contributed by atoms with Crippen LogP contribution in [0.25, 0.3) is 0 Å². The summed E-state index contributed by atoms with van der Waals surface area (Å²) in [6.45, 7) is 6.04. The number of nitrogens with two attached hydrogens (primary N) is 1. The lowest BCUT2D eigenvalue weighted by Crippen LogP contribution is -2.11. The lowest BCUT2D eigenvalue weighted by atomic mass is 10.2. The summed E-state index contributed by atoms with van der Waals surface area (Å²) in [6, 6.07) is 0.138. The summed E-state index contributed by atoms with van der Waals surface area (Å²) in [5, 5.41) is 13.9. The van der Waals surface area contributed by atoms with Crippen LogP contribution in [0.1, 0.15) is 51.4 Å². The molecule has 80 valence electrons. The van der Waals surface area contributed by atoms with Crippen molar-refractivity contribution < 1.29 is 5.11 Å². The zero-order valence-electron chi connectivity index (χ0n) is 9.07. The van der Waals surface area contributed by atoms with Gasteiger partial charge in [-0.2, -0.15) is 5.10 Å². The molecule has 0 aliphatic carbocycles. The minimum atomic E-state index is -0.217. The van der Waals surface area contributed by atoms with Crippen LogP contribution in [0.4, 0.5) is 0 Å². The Bertz CT molecular complexity index is 290. The van der Waals surface area contributed by atoms with Crippen molar-refractivity contribution in [3.63, 3.8) is 0 Å². The molecule has 1 aromatic rings. The minimum Gasteiger partial charge on any atom is -0.504 e. The highest BCUT2D eigenvalue weighted by Gasteiger charge is 2.15. The first kappa shape index (κ1) is 11.0. The van der Waals surface area contributed by atoms with Gasteiger partial charge in [0.05, 0.1) is 12.2 Å². The van der Waals surface area contributed by atoms with Crippen LogP contribution in [0.15, 0.2) is 6.20 Å². The van der Waals surface area contributed by atoms with E-state index in [1.807, 2.05) is 11.6 Å². The summed E-state index contributed by atoms with van der Waals surface area (Å²) in [4.78, 5) is 0. The zero-order valence-corrected chi connectivity index (χ0v) is 9.07. The third-order valence-electron chi connectivity index (χ3n) is 2.49. The van der Waals surface area contributed by atoms with E-state index in [1.165, 1.54) is 0 Å². The number of nitrogens with zero attached hydrogens (tertiary/aromatic N) is 2. The molecule has 1 atom stereocenters. The third-order valence-corrected chi connectivity index (χ3v) is 2.49. The van der Waals surface area contributed by atoms with Gasteiger partial charge in [0.1, 0.15) is 5.69 Å². The number of aromatic nitrogens is 2. The van der Waals surface area contributed by atoms with Gasteiger partial charge in [0, 0.05) is 6.04 Å². The van der Waals surface area contributed by atoms with Gasteiger partial charge in [0.2, 0.25) is 0 Å². The van der Waals surface area contributed by atoms with Gasteiger partial charge in [0.15, 0.2) is 5.75 Å². The summed E-state index contributed by atoms with van der Waals surface area (Å²) < 4.78 is 1.81. The van der Waals surface area contributed by atoms with Crippen LogP contribution in [0.3, 0.4) is 0 Å². The van der Waals surface area contributed by atoms with E-state index in [4.69, 9.17) is 5.73 Å². The fraction of sp³-hybridized carbons (Fsp3) is 0.700. The zero-order chi connectivity index (χ0) is 10.7. The Kier molecular flexibility index (Phi) is 3.52. The Morgan fingerprint density at radius 3 is 2.43 bits per heavy atom. The van der Waals surface area contributed by atoms with E-state index in [1.54, 1.807) is 6.20 Å². The second-order valence-electron chi connectivity index (χ2n) is 3.64. The van der Waals surface area contributed by atoms with Crippen LogP contribution in [-0.4, -0.2) is 14.9 Å². The predicted octanol–water partition coefficient (Wildman–Crippen LogP) is 1.97. The van der Waals surface area contributed by atoms with Gasteiger partial charge >= 0.3 is 0 Å². The largest absolute Gasteiger partial charge is 0.504 e. The van der Waals surface area contributed by atoms with E-state index < -0.39 is 0 Å². The molecule has 1 heterocycles. The molecule has 4 heteroatoms. The van der Waals surface area contributed by atoms with Crippen molar-refractivity contribution in [3.8, 4) is 5.75 Å². The molecule has 0 fully saturated rings. The SMILES string of the molecule is CCC(CC)n1cc(O)c(C(C)N)n1. The monoisotopic (exact) mass is 197 g/mol. The van der Waals surface area contributed by atoms with Crippen molar-refractivity contribution in [1.29, 1.82) is 0 Å². The van der Waals surface area contributed by atoms with Crippen molar-refractivity contribution in [1.82, 2.24) is 9.78 Å². The molecule has 3 N–H and O–H groups in total. The normalized spacial score (nSPS) is 13.5. The molecule has 1 rings (SSSR count). The highest BCUT2D eigenvalue weighted by atomic mass is 16.3. The first-order valence-electron chi connectivity index (χ1n) is 5.13. The lowest BCUT2D eigenvalue weighted by molar-refractivity contribution is 0.421. The van der Waals surface area contributed by atoms with Crippen LogP contribution in [0.2, 0.25) is 0 Å². The Labute approximate surface area is 84.7 Å². The van der Waals surface area contributed by atoms with Crippen molar-refractivity contribution in [2.24, 2.45) is 5.73 Å². The Hall–Kier alpha value is -1.03. The smallest absolute Gasteiger partial charge is 0.158 e. The van der Waals surface area contributed by atoms with Crippen LogP contribution in [-0.2, 0) is 0 Å². The Morgan fingerprint density at radius 1 is 1.50 bits per heavy atom. The topological polar surface area (TPSA) is 64.1 Å². The molecule has 0 saturated heterocycles. The van der Waals surface area contributed by atoms with Gasteiger partial charge in [-0.1, -0.05) is 13.8 Å². The van der Waals surface area contributed by atoms with Crippen molar-refractivity contribution >= 4 is 0 Å². The molecule has 0 aliphatic heterocycles. The summed E-state index contributed by atoms with van der Waals surface area (Å²) in [7, 11) is 0. The molecule has 0 amide bonds. The maximum absolute atomic E-state index is 9.58. The first-order valence-corrected chi connectivity index (χ1v) is 5.13. The van der Waals surface area contributed by atoms with Crippen LogP contribution in [0, 0.1) is 0 Å². The molecule has 0 radical (unpaired) electrons. The second-order valence-corrected chi connectivity index (χ2v) is 3.64. The van der Waals surface area contributed by atoms with Gasteiger partial charge in [-0.05, 0) is 19.8 Å². The van der Waals surface area contributed by atoms with E-state index in [0.29, 0.717) is 11.7 Å². The van der Waals surface area contributed by atoms with E-state index in [-0.39, 0.29) is 11.8 Å². The van der Waals surface area contributed by atoms with Crippen LogP contribution < -0.4 is 5.73 Å². The third kappa shape index (κ3) is 2.07. The molecule has 4 nitrogen and oxygen atoms in total. The van der Waals surface area contributed by atoms with E-state index in [9.17, 15) is 5.11 Å². The molecular weight excluding hydrogens is 178 g/mol. The van der Waals surface area contributed by atoms with E-state index in [0.717, 1.165) is 12.8 Å². The van der Waals surface area contributed by atoms with Crippen LogP contribution in [0.5, 0.6) is 5.75 Å². The molecule has 14 heavy (non-hydrogen) atoms. The summed E-state index contributed by atoms with van der Waals surface area (Å²) in [6.07, 6.45) is 3.68. The maximum Gasteiger partial charge on any atom is 0.158 e. The van der Waals surface area contributed by atoms with Crippen molar-refractivity contribution in [2.45, 2.75) is 45.7 Å². The van der Waals surface area contributed by atoms with Gasteiger partial charge in [-0.25, -0.2) is 0 Å². The number of hydrogen-bond acceptors (Lipinski definition) is 3. The second kappa shape index (κ2) is 4.46. The maximum atomic E-state index is 9.58. The van der Waals surface area contributed by atoms with Gasteiger partial charge in [0.25, 0.3) is 0 Å². The highest BCUT2D eigenvalue weighted by Crippen LogP contribution is 2.24. The fourth-order valence-corrected chi connectivity index (χ4v) is 1.57. The summed E-state index contributed by atoms with van der Waals surface area (Å²) in [5.74, 6) is 0.201. The summed E-state index contributed by atoms with van der Waals surface area (Å²) in [5.41, 5.74) is 6.26. The highest BCUT2D eigenvalue weighted by molar-refractivity contribution is 5.25.